The van der Waals surface area contributed by atoms with E-state index in [0.29, 0.717) is 183 Å². The Bertz CT molecular complexity index is 6230. The van der Waals surface area contributed by atoms with Crippen LogP contribution in [0, 0.1) is 0 Å². The maximum atomic E-state index is 14.3. The van der Waals surface area contributed by atoms with Crippen molar-refractivity contribution in [1.82, 2.24) is 24.9 Å². The van der Waals surface area contributed by atoms with E-state index in [9.17, 15) is 100 Å². The second-order valence-electron chi connectivity index (χ2n) is 41.3. The van der Waals surface area contributed by atoms with E-state index >= 15 is 0 Å². The molecule has 8 aromatic carbocycles. The Labute approximate surface area is 839 Å². The molecule has 41 nitrogen and oxygen atoms in total. The molecule has 16 rings (SSSR count). The number of hydrogen-bond acceptors (Lipinski definition) is 37. The molecule has 0 aromatic heterocycles. The van der Waals surface area contributed by atoms with Crippen LogP contribution in [0.1, 0.15) is 127 Å². The molecule has 4 aliphatic carbocycles. The maximum absolute atomic E-state index is 14.3. The first-order valence-electron chi connectivity index (χ1n) is 48.3. The van der Waals surface area contributed by atoms with Crippen molar-refractivity contribution in [2.24, 2.45) is 0 Å². The van der Waals surface area contributed by atoms with Crippen LogP contribution in [0.15, 0.2) is 72.8 Å². The van der Waals surface area contributed by atoms with E-state index < -0.39 is 46.3 Å². The van der Waals surface area contributed by atoms with Gasteiger partial charge in [-0.3, -0.25) is 38.4 Å². The molecular formula is C103H143N21O20+4. The number of carbonyl (C=O) groups excluding carboxylic acids is 8. The second-order valence-corrected chi connectivity index (χ2v) is 41.3. The van der Waals surface area contributed by atoms with Crippen LogP contribution >= 0.6 is 0 Å². The van der Waals surface area contributed by atoms with Crippen LogP contribution in [0.25, 0.3) is 0 Å². The lowest BCUT2D eigenvalue weighted by atomic mass is 9.79. The largest absolute Gasteiger partial charge is 0.507 e. The molecule has 0 bridgehead atoms. The number of ketones is 8. The number of phenols is 8. The van der Waals surface area contributed by atoms with Gasteiger partial charge >= 0.3 is 0 Å². The summed E-state index contributed by atoms with van der Waals surface area (Å²) in [6, 6.07) is 17.3. The summed E-state index contributed by atoms with van der Waals surface area (Å²) >= 11 is 0. The third-order valence-electron chi connectivity index (χ3n) is 27.2. The number of fused-ring (bicyclic) bond motifs is 17. The minimum atomic E-state index is -0.567. The Morgan fingerprint density at radius 2 is 0.542 bits per heavy atom. The number of rotatable bonds is 31. The minimum Gasteiger partial charge on any atom is -0.507 e. The minimum absolute atomic E-state index is 0.119. The van der Waals surface area contributed by atoms with Crippen LogP contribution < -0.4 is 65.4 Å². The average molecular weight is 2000 g/mol. The number of quaternary nitrogens is 4. The molecule has 0 atom stereocenters. The van der Waals surface area contributed by atoms with Crippen molar-refractivity contribution in [2.45, 2.75) is 0 Å². The molecule has 776 valence electrons. The molecule has 8 aromatic rings. The summed E-state index contributed by atoms with van der Waals surface area (Å²) in [5.74, 6) is -6.75. The summed E-state index contributed by atoms with van der Waals surface area (Å²) in [5, 5.41) is 139. The summed E-state index contributed by atoms with van der Waals surface area (Å²) in [6.07, 6.45) is 0. The van der Waals surface area contributed by atoms with Crippen LogP contribution in [0.4, 0.5) is 68.2 Å². The van der Waals surface area contributed by atoms with Crippen molar-refractivity contribution in [3.8, 4) is 46.0 Å². The summed E-state index contributed by atoms with van der Waals surface area (Å²) < 4.78 is -1.07. The van der Waals surface area contributed by atoms with Crippen LogP contribution in [0.5, 0.6) is 46.0 Å². The van der Waals surface area contributed by atoms with E-state index in [1.54, 1.807) is 56.4 Å². The number of nitrogens with zero attached hydrogens (tertiary/aromatic N) is 17. The number of anilines is 12. The van der Waals surface area contributed by atoms with Crippen LogP contribution in [0.2, 0.25) is 0 Å². The number of nitrogens with one attached hydrogen (secondary N) is 4. The summed E-state index contributed by atoms with van der Waals surface area (Å²) in [7, 11) is 38.7. The fourth-order valence-electron chi connectivity index (χ4n) is 19.4. The highest BCUT2D eigenvalue weighted by Crippen LogP contribution is 2.58. The van der Waals surface area contributed by atoms with Gasteiger partial charge in [0.2, 0.25) is 46.3 Å². The van der Waals surface area contributed by atoms with Gasteiger partial charge in [-0.15, -0.1) is 0 Å². The highest BCUT2D eigenvalue weighted by Gasteiger charge is 2.50. The molecule has 0 unspecified atom stereocenters. The van der Waals surface area contributed by atoms with E-state index in [1.807, 2.05) is 145 Å². The van der Waals surface area contributed by atoms with E-state index in [4.69, 9.17) is 0 Å². The molecule has 41 heteroatoms. The van der Waals surface area contributed by atoms with Crippen LogP contribution in [-0.2, 0) is 0 Å². The number of benzene rings is 8. The molecule has 0 radical (unpaired) electrons. The van der Waals surface area contributed by atoms with E-state index in [2.05, 4.69) is 55.6 Å². The van der Waals surface area contributed by atoms with Crippen LogP contribution in [-0.4, -0.2) is 464 Å². The fourth-order valence-corrected chi connectivity index (χ4v) is 19.4. The zero-order valence-electron chi connectivity index (χ0n) is 86.5. The van der Waals surface area contributed by atoms with Crippen molar-refractivity contribution >= 4 is 115 Å². The third-order valence-corrected chi connectivity index (χ3v) is 27.2. The van der Waals surface area contributed by atoms with Gasteiger partial charge in [-0.2, -0.15) is 18.6 Å². The molecule has 0 spiro atoms. The Kier molecular flexibility index (Phi) is 32.1. The highest BCUT2D eigenvalue weighted by atomic mass is 16.5. The first kappa shape index (κ1) is 108. The molecule has 0 saturated heterocycles. The number of aromatic hydroxyl groups is 8. The van der Waals surface area contributed by atoms with Gasteiger partial charge < -0.3 is 126 Å². The van der Waals surface area contributed by atoms with Gasteiger partial charge in [0.15, 0.2) is 0 Å². The number of carbonyl (C=O) groups is 8. The quantitative estimate of drug-likeness (QED) is 0.0137. The molecule has 8 aliphatic rings. The Morgan fingerprint density at radius 3 is 0.854 bits per heavy atom. The average Bonchev–Trinajstić information content (AvgIpc) is 0.686. The molecule has 4 heterocycles. The van der Waals surface area contributed by atoms with Gasteiger partial charge in [-0.1, -0.05) is 0 Å². The predicted octanol–water partition coefficient (Wildman–Crippen LogP) is 5.89. The molecule has 16 N–H and O–H groups in total. The SMILES string of the molecule is CN(C)CCNc1cc2c(c3c1C(=O)c1c(O)ccc(O)c1C3=O)N(CCN(C)C)CCN2C.CN1CCN(CC[N+](C)(C)O)c2c1cc(NCC[N+](C)(C)O)c1c2C(=O)c2c(O)ccc(O)c2C1=O.CN1CCN(CC[N+](C)(C)O)c2c3c(c4c(c21)N(C)CCN4CC[N+](C)(C)O)C(=O)c1c(O)ccc(O)c1C3=O.CNCCN(CCN(C)C)c1ccc(NCCN(C)C)c2c1C(=O)c1c(O)ccc(O)c1C2=O. The third kappa shape index (κ3) is 22.3. The van der Waals surface area contributed by atoms with Gasteiger partial charge in [-0.05, 0) is 136 Å². The highest BCUT2D eigenvalue weighted by molar-refractivity contribution is 6.38. The predicted molar refractivity (Wildman–Crippen MR) is 555 cm³/mol. The van der Waals surface area contributed by atoms with Gasteiger partial charge in [0.25, 0.3) is 0 Å². The first-order valence-corrected chi connectivity index (χ1v) is 48.3. The Hall–Kier alpha value is -13.4. The van der Waals surface area contributed by atoms with Crippen molar-refractivity contribution in [3.05, 3.63) is 162 Å². The number of likely N-dealkylation sites (N-methyl/N-ethyl adjacent to an activating group) is 13. The monoisotopic (exact) mass is 1990 g/mol. The summed E-state index contributed by atoms with van der Waals surface area (Å²) in [4.78, 5) is 138. The smallest absolute Gasteiger partial charge is 0.200 e. The van der Waals surface area contributed by atoms with Crippen molar-refractivity contribution < 1.29 is 119 Å². The van der Waals surface area contributed by atoms with Gasteiger partial charge in [0.1, 0.15) is 72.2 Å². The molecule has 4 aliphatic heterocycles. The van der Waals surface area contributed by atoms with E-state index in [1.165, 1.54) is 48.5 Å². The maximum Gasteiger partial charge on any atom is 0.200 e. The van der Waals surface area contributed by atoms with Crippen molar-refractivity contribution in [1.29, 1.82) is 0 Å². The fraction of sp³-hybridized carbons (Fsp3) is 0.456. The zero-order valence-corrected chi connectivity index (χ0v) is 86.5. The van der Waals surface area contributed by atoms with Gasteiger partial charge in [0, 0.05) is 169 Å². The Morgan fingerprint density at radius 1 is 0.271 bits per heavy atom. The molecular weight excluding hydrogens is 1850 g/mol. The lowest BCUT2D eigenvalue weighted by Gasteiger charge is -2.47. The van der Waals surface area contributed by atoms with Gasteiger partial charge in [0.05, 0.1) is 217 Å². The molecule has 0 fully saturated rings. The standard InChI is InChI=1S/C28H38N6O6.C25H33N5O6.C25H33N5O4.C25H35N5O4/c1-29-9-11-31(13-15-33(3,4)39)23-21-22(28(38)20-18(36)8-7-17(35)19(20)27(21)37)24-26(25(23)29)30(2)10-12-32(24)14-16-34(5,6)40;1-27-9-10-28(11-13-30(4,5)36)23-16(27)14-15(26-8-12-29(2,3)35)19-22(23)25(34)21-18(32)7-6-17(31)20(21)24(19)33;1-27(2)9-8-26-15-14-16-23(30(12-10-28(3)4)13-11-29(16)5)22-19(15)24(33)20-17(31)6-7-18(32)21(20)25(22)34;1-26-10-13-30(15-14-29(4)5)17-7-6-16(27-11-12-28(2)3)20-21(17)25(34)23-19(32)9-8-18(31)22(23)24(20)33/h7-8,39-40H,9-16H2,1-6H3;6-7,14,35-36H,8-13H2,1-5H3,(H-2,26,31,32,33,34);6-7,14,26,31-32H,8-13H2,1-5H3;6-9,26-27,31-32H,10-15H2,1-5H3/p+4. The second kappa shape index (κ2) is 42.9. The summed E-state index contributed by atoms with van der Waals surface area (Å²) in [5.41, 5.74) is 8.06. The number of hydrogen-bond donors (Lipinski definition) is 16. The van der Waals surface area contributed by atoms with E-state index in [0.717, 1.165) is 55.5 Å². The lowest BCUT2D eigenvalue weighted by molar-refractivity contribution is -1.07. The normalized spacial score (nSPS) is 15.2. The van der Waals surface area contributed by atoms with Crippen LogP contribution in [0.3, 0.4) is 0 Å². The Balaban J connectivity index is 0.000000161. The molecule has 0 saturated carbocycles. The van der Waals surface area contributed by atoms with Crippen molar-refractivity contribution in [2.75, 3.05) is 378 Å². The lowest BCUT2D eigenvalue weighted by Crippen LogP contribution is -2.50. The summed E-state index contributed by atoms with van der Waals surface area (Å²) in [6.45, 7) is 15.1. The zero-order chi connectivity index (χ0) is 106. The first-order chi connectivity index (χ1) is 67.6. The topological polar surface area (TPSA) is 470 Å². The number of phenolic OH excluding ortho intramolecular Hbond substituents is 8. The molecule has 144 heavy (non-hydrogen) atoms. The van der Waals surface area contributed by atoms with Gasteiger partial charge in [-0.25, -0.2) is 20.8 Å². The van der Waals surface area contributed by atoms with Crippen molar-refractivity contribution in [3.63, 3.8) is 0 Å². The number of hydroxylamine groups is 12. The molecule has 0 amide bonds. The van der Waals surface area contributed by atoms with E-state index in [-0.39, 0.29) is 154 Å².